The lowest BCUT2D eigenvalue weighted by Gasteiger charge is -2.24. The van der Waals surface area contributed by atoms with E-state index in [1.54, 1.807) is 0 Å². The summed E-state index contributed by atoms with van der Waals surface area (Å²) >= 11 is 1.52. The van der Waals surface area contributed by atoms with Crippen LogP contribution in [0.15, 0.2) is 53.7 Å². The number of para-hydroxylation sites is 3. The molecule has 1 fully saturated rings. The lowest BCUT2D eigenvalue weighted by molar-refractivity contribution is -0.127. The van der Waals surface area contributed by atoms with Crippen LogP contribution in [-0.4, -0.2) is 46.2 Å². The number of carbonyl (C=O) groups excluding carboxylic acids is 1. The average Bonchev–Trinajstić information content (AvgIpc) is 3.39. The first-order valence-corrected chi connectivity index (χ1v) is 11.3. The van der Waals surface area contributed by atoms with Gasteiger partial charge < -0.3 is 14.4 Å². The Morgan fingerprint density at radius 2 is 1.83 bits per heavy atom. The third-order valence-corrected chi connectivity index (χ3v) is 6.49. The van der Waals surface area contributed by atoms with E-state index in [9.17, 15) is 4.79 Å². The molecule has 1 aliphatic rings. The maximum absolute atomic E-state index is 12.8. The molecule has 0 saturated carbocycles. The van der Waals surface area contributed by atoms with E-state index in [2.05, 4.69) is 46.7 Å². The number of nitrogens with zero attached hydrogens (tertiary/aromatic N) is 4. The van der Waals surface area contributed by atoms with E-state index in [-0.39, 0.29) is 5.91 Å². The van der Waals surface area contributed by atoms with Crippen LogP contribution in [0.3, 0.4) is 0 Å². The molecule has 0 spiro atoms. The Labute approximate surface area is 176 Å². The predicted molar refractivity (Wildman–Crippen MR) is 120 cm³/mol. The number of benzene rings is 2. The molecule has 0 aliphatic carbocycles. The number of thioether (sulfide) groups is 1. The Bertz CT molecular complexity index is 993. The number of hydrogen-bond donors (Lipinski definition) is 0. The Kier molecular flexibility index (Phi) is 6.09. The van der Waals surface area contributed by atoms with Crippen LogP contribution in [0.2, 0.25) is 0 Å². The van der Waals surface area contributed by atoms with E-state index >= 15 is 0 Å². The van der Waals surface area contributed by atoms with Gasteiger partial charge in [-0.3, -0.25) is 4.79 Å². The summed E-state index contributed by atoms with van der Waals surface area (Å²) in [5.74, 6) is 0.520. The zero-order valence-electron chi connectivity index (χ0n) is 17.2. The number of imidazole rings is 1. The van der Waals surface area contributed by atoms with Crippen LogP contribution in [-0.2, 0) is 17.9 Å². The van der Waals surface area contributed by atoms with Crippen molar-refractivity contribution in [3.63, 3.8) is 0 Å². The first-order valence-electron chi connectivity index (χ1n) is 10.3. The zero-order chi connectivity index (χ0) is 20.2. The zero-order valence-corrected chi connectivity index (χ0v) is 18.0. The van der Waals surface area contributed by atoms with Gasteiger partial charge in [0, 0.05) is 38.9 Å². The molecule has 6 heteroatoms. The smallest absolute Gasteiger partial charge is 0.233 e. The molecule has 152 valence electrons. The van der Waals surface area contributed by atoms with Gasteiger partial charge in [-0.1, -0.05) is 42.1 Å². The van der Waals surface area contributed by atoms with Crippen LogP contribution in [0.5, 0.6) is 0 Å². The molecule has 0 atom stereocenters. The lowest BCUT2D eigenvalue weighted by atomic mass is 10.1. The summed E-state index contributed by atoms with van der Waals surface area (Å²) in [6, 6.07) is 16.6. The maximum atomic E-state index is 12.8. The van der Waals surface area contributed by atoms with Crippen LogP contribution in [0.4, 0.5) is 5.69 Å². The Morgan fingerprint density at radius 3 is 2.62 bits per heavy atom. The highest BCUT2D eigenvalue weighted by Crippen LogP contribution is 2.27. The highest BCUT2D eigenvalue weighted by molar-refractivity contribution is 7.99. The topological polar surface area (TPSA) is 41.4 Å². The van der Waals surface area contributed by atoms with Crippen molar-refractivity contribution in [1.82, 2.24) is 14.5 Å². The molecular formula is C23H28N4OS. The minimum absolute atomic E-state index is 0.126. The monoisotopic (exact) mass is 408 g/mol. The van der Waals surface area contributed by atoms with Gasteiger partial charge in [-0.05, 0) is 43.5 Å². The molecule has 1 amide bonds. The summed E-state index contributed by atoms with van der Waals surface area (Å²) in [7, 11) is 1.90. The van der Waals surface area contributed by atoms with Gasteiger partial charge in [-0.15, -0.1) is 0 Å². The second-order valence-electron chi connectivity index (χ2n) is 7.49. The third-order valence-electron chi connectivity index (χ3n) is 5.53. The van der Waals surface area contributed by atoms with Gasteiger partial charge in [0.05, 0.1) is 16.8 Å². The molecule has 1 saturated heterocycles. The summed E-state index contributed by atoms with van der Waals surface area (Å²) in [5.41, 5.74) is 4.59. The number of aryl methyl sites for hydroxylation is 1. The van der Waals surface area contributed by atoms with Gasteiger partial charge in [0.25, 0.3) is 0 Å². The summed E-state index contributed by atoms with van der Waals surface area (Å²) in [6.07, 6.45) is 2.50. The summed E-state index contributed by atoms with van der Waals surface area (Å²) in [5, 5.41) is 0.910. The van der Waals surface area contributed by atoms with Crippen molar-refractivity contribution in [2.45, 2.75) is 38.0 Å². The third kappa shape index (κ3) is 4.27. The van der Waals surface area contributed by atoms with Crippen molar-refractivity contribution >= 4 is 34.4 Å². The normalized spacial score (nSPS) is 13.9. The first-order chi connectivity index (χ1) is 14.2. The molecule has 0 bridgehead atoms. The molecule has 2 heterocycles. The SMILES string of the molecule is CCn1c(SCC(=O)N(C)Cc2ccccc2N2CCCC2)nc2ccccc21. The van der Waals surface area contributed by atoms with Crippen LogP contribution >= 0.6 is 11.8 Å². The van der Waals surface area contributed by atoms with E-state index < -0.39 is 0 Å². The molecule has 3 aromatic rings. The number of aromatic nitrogens is 2. The molecule has 5 nitrogen and oxygen atoms in total. The van der Waals surface area contributed by atoms with Gasteiger partial charge >= 0.3 is 0 Å². The quantitative estimate of drug-likeness (QED) is 0.543. The number of hydrogen-bond acceptors (Lipinski definition) is 4. The van der Waals surface area contributed by atoms with Crippen LogP contribution in [0.1, 0.15) is 25.3 Å². The number of amides is 1. The van der Waals surface area contributed by atoms with Crippen molar-refractivity contribution < 1.29 is 4.79 Å². The molecule has 29 heavy (non-hydrogen) atoms. The molecule has 0 unspecified atom stereocenters. The minimum Gasteiger partial charge on any atom is -0.371 e. The fourth-order valence-corrected chi connectivity index (χ4v) is 4.98. The summed E-state index contributed by atoms with van der Waals surface area (Å²) in [4.78, 5) is 21.8. The summed E-state index contributed by atoms with van der Waals surface area (Å²) in [6.45, 7) is 5.81. The van der Waals surface area contributed by atoms with E-state index in [1.807, 2.05) is 30.1 Å². The van der Waals surface area contributed by atoms with Gasteiger partial charge in [-0.2, -0.15) is 0 Å². The minimum atomic E-state index is 0.126. The maximum Gasteiger partial charge on any atom is 0.233 e. The molecule has 4 rings (SSSR count). The van der Waals surface area contributed by atoms with Gasteiger partial charge in [0.15, 0.2) is 5.16 Å². The highest BCUT2D eigenvalue weighted by atomic mass is 32.2. The lowest BCUT2D eigenvalue weighted by Crippen LogP contribution is -2.29. The van der Waals surface area contributed by atoms with Crippen molar-refractivity contribution in [2.24, 2.45) is 0 Å². The average molecular weight is 409 g/mol. The predicted octanol–water partition coefficient (Wildman–Crippen LogP) is 4.41. The van der Waals surface area contributed by atoms with Gasteiger partial charge in [-0.25, -0.2) is 4.98 Å². The van der Waals surface area contributed by atoms with E-state index in [4.69, 9.17) is 4.98 Å². The second kappa shape index (κ2) is 8.91. The molecule has 0 N–H and O–H groups in total. The van der Waals surface area contributed by atoms with Gasteiger partial charge in [0.1, 0.15) is 0 Å². The molecule has 1 aromatic heterocycles. The summed E-state index contributed by atoms with van der Waals surface area (Å²) < 4.78 is 2.18. The van der Waals surface area contributed by atoms with Crippen LogP contribution in [0, 0.1) is 0 Å². The highest BCUT2D eigenvalue weighted by Gasteiger charge is 2.18. The van der Waals surface area contributed by atoms with E-state index in [0.29, 0.717) is 12.3 Å². The van der Waals surface area contributed by atoms with Crippen molar-refractivity contribution in [2.75, 3.05) is 30.8 Å². The largest absolute Gasteiger partial charge is 0.371 e. The molecule has 2 aromatic carbocycles. The molecular weight excluding hydrogens is 380 g/mol. The molecule has 0 radical (unpaired) electrons. The Balaban J connectivity index is 1.42. The fraction of sp³-hybridized carbons (Fsp3) is 0.391. The Hall–Kier alpha value is -2.47. The number of carbonyl (C=O) groups is 1. The van der Waals surface area contributed by atoms with Crippen LogP contribution < -0.4 is 4.90 Å². The van der Waals surface area contributed by atoms with Crippen molar-refractivity contribution in [3.8, 4) is 0 Å². The molecule has 1 aliphatic heterocycles. The van der Waals surface area contributed by atoms with Crippen molar-refractivity contribution in [3.05, 3.63) is 54.1 Å². The first kappa shape index (κ1) is 19.8. The van der Waals surface area contributed by atoms with E-state index in [1.165, 1.54) is 35.9 Å². The van der Waals surface area contributed by atoms with Gasteiger partial charge in [0.2, 0.25) is 5.91 Å². The van der Waals surface area contributed by atoms with Crippen LogP contribution in [0.25, 0.3) is 11.0 Å². The number of rotatable bonds is 7. The number of fused-ring (bicyclic) bond motifs is 1. The standard InChI is InChI=1S/C23H28N4OS/c1-3-27-21-13-7-5-11-19(21)24-23(27)29-17-22(28)25(2)16-18-10-4-6-12-20(18)26-14-8-9-15-26/h4-7,10-13H,3,8-9,14-17H2,1-2H3. The van der Waals surface area contributed by atoms with E-state index in [0.717, 1.165) is 35.8 Å². The Morgan fingerprint density at radius 1 is 1.10 bits per heavy atom. The second-order valence-corrected chi connectivity index (χ2v) is 8.43. The number of anilines is 1. The fourth-order valence-electron chi connectivity index (χ4n) is 3.96. The van der Waals surface area contributed by atoms with Crippen molar-refractivity contribution in [1.29, 1.82) is 0 Å².